The summed E-state index contributed by atoms with van der Waals surface area (Å²) in [6, 6.07) is 2.64. The van der Waals surface area contributed by atoms with Crippen molar-refractivity contribution in [2.45, 2.75) is 0 Å². The second kappa shape index (κ2) is 3.79. The Bertz CT molecular complexity index is 372. The summed E-state index contributed by atoms with van der Waals surface area (Å²) in [6.45, 7) is 1.61. The molecule has 1 N–H and O–H groups in total. The van der Waals surface area contributed by atoms with Crippen molar-refractivity contribution in [1.29, 1.82) is 0 Å². The van der Waals surface area contributed by atoms with Gasteiger partial charge < -0.3 is 5.32 Å². The van der Waals surface area contributed by atoms with Crippen LogP contribution in [0.25, 0.3) is 6.08 Å². The Hall–Kier alpha value is -0.740. The van der Waals surface area contributed by atoms with Gasteiger partial charge in [-0.1, -0.05) is 6.08 Å². The number of halogens is 3. The molecule has 0 spiro atoms. The van der Waals surface area contributed by atoms with Gasteiger partial charge in [0, 0.05) is 13.1 Å². The molecule has 0 radical (unpaired) electrons. The molecule has 0 bridgehead atoms. The van der Waals surface area contributed by atoms with Crippen LogP contribution in [0, 0.1) is 11.6 Å². The molecular formula is C10H8BrF2N. The van der Waals surface area contributed by atoms with Gasteiger partial charge in [0.25, 0.3) is 0 Å². The molecule has 1 aliphatic rings. The number of nitrogens with one attached hydrogen (secondary N) is 1. The first-order chi connectivity index (χ1) is 6.66. The Labute approximate surface area is 88.9 Å². The minimum atomic E-state index is -0.566. The lowest BCUT2D eigenvalue weighted by Gasteiger charge is -2.18. The number of rotatable bonds is 1. The molecule has 1 fully saturated rings. The lowest BCUT2D eigenvalue weighted by Crippen LogP contribution is -2.33. The average molecular weight is 260 g/mol. The fraction of sp³-hybridized carbons (Fsp3) is 0.200. The van der Waals surface area contributed by atoms with E-state index in [-0.39, 0.29) is 4.47 Å². The summed E-state index contributed by atoms with van der Waals surface area (Å²) in [4.78, 5) is 0. The second-order valence-corrected chi connectivity index (χ2v) is 4.00. The zero-order chi connectivity index (χ0) is 10.1. The van der Waals surface area contributed by atoms with E-state index in [2.05, 4.69) is 21.2 Å². The van der Waals surface area contributed by atoms with Crippen molar-refractivity contribution in [3.05, 3.63) is 39.4 Å². The second-order valence-electron chi connectivity index (χ2n) is 3.20. The van der Waals surface area contributed by atoms with Crippen molar-refractivity contribution in [2.75, 3.05) is 13.1 Å². The van der Waals surface area contributed by atoms with E-state index < -0.39 is 11.6 Å². The Morgan fingerprint density at radius 1 is 1.21 bits per heavy atom. The summed E-state index contributed by atoms with van der Waals surface area (Å²) in [6.07, 6.45) is 1.80. The zero-order valence-electron chi connectivity index (χ0n) is 7.28. The Balaban J connectivity index is 2.35. The predicted molar refractivity (Wildman–Crippen MR) is 54.9 cm³/mol. The highest BCUT2D eigenvalue weighted by atomic mass is 79.9. The van der Waals surface area contributed by atoms with Gasteiger partial charge in [-0.25, -0.2) is 8.78 Å². The molecule has 0 atom stereocenters. The highest BCUT2D eigenvalue weighted by Gasteiger charge is 2.10. The summed E-state index contributed by atoms with van der Waals surface area (Å²) < 4.78 is 26.1. The van der Waals surface area contributed by atoms with Crippen LogP contribution in [0.2, 0.25) is 0 Å². The molecule has 1 saturated heterocycles. The van der Waals surface area contributed by atoms with Crippen molar-refractivity contribution in [3.63, 3.8) is 0 Å². The fourth-order valence-electron chi connectivity index (χ4n) is 1.27. The maximum atomic E-state index is 13.1. The predicted octanol–water partition coefficient (Wildman–Crippen LogP) is 2.71. The third-order valence-corrected chi connectivity index (χ3v) is 2.84. The van der Waals surface area contributed by atoms with E-state index >= 15 is 0 Å². The lowest BCUT2D eigenvalue weighted by molar-refractivity contribution is 0.571. The molecule has 0 aliphatic carbocycles. The van der Waals surface area contributed by atoms with Gasteiger partial charge in [0.2, 0.25) is 0 Å². The number of hydrogen-bond acceptors (Lipinski definition) is 1. The molecule has 1 aliphatic heterocycles. The lowest BCUT2D eigenvalue weighted by atomic mass is 10.1. The summed E-state index contributed by atoms with van der Waals surface area (Å²) >= 11 is 2.83. The van der Waals surface area contributed by atoms with E-state index in [1.54, 1.807) is 6.08 Å². The first-order valence-corrected chi connectivity index (χ1v) is 5.01. The molecule has 1 nitrogen and oxygen atoms in total. The smallest absolute Gasteiger partial charge is 0.140 e. The molecule has 2 rings (SSSR count). The third kappa shape index (κ3) is 1.86. The van der Waals surface area contributed by atoms with Crippen molar-refractivity contribution in [2.24, 2.45) is 0 Å². The van der Waals surface area contributed by atoms with Gasteiger partial charge in [-0.3, -0.25) is 0 Å². The first kappa shape index (κ1) is 9.80. The highest BCUT2D eigenvalue weighted by Crippen LogP contribution is 2.22. The van der Waals surface area contributed by atoms with Crippen molar-refractivity contribution >= 4 is 22.0 Å². The summed E-state index contributed by atoms with van der Waals surface area (Å²) in [5.41, 5.74) is 1.73. The summed E-state index contributed by atoms with van der Waals surface area (Å²) in [5.74, 6) is -1.13. The average Bonchev–Trinajstić information content (AvgIpc) is 2.07. The largest absolute Gasteiger partial charge is 0.309 e. The Kier molecular flexibility index (Phi) is 2.65. The molecule has 0 unspecified atom stereocenters. The monoisotopic (exact) mass is 259 g/mol. The molecule has 0 saturated carbocycles. The molecule has 4 heteroatoms. The van der Waals surface area contributed by atoms with E-state index in [1.165, 1.54) is 12.1 Å². The topological polar surface area (TPSA) is 12.0 Å². The van der Waals surface area contributed by atoms with Gasteiger partial charge in [0.1, 0.15) is 11.6 Å². The van der Waals surface area contributed by atoms with Gasteiger partial charge >= 0.3 is 0 Å². The molecular weight excluding hydrogens is 252 g/mol. The molecule has 14 heavy (non-hydrogen) atoms. The maximum Gasteiger partial charge on any atom is 0.140 e. The summed E-state index contributed by atoms with van der Waals surface area (Å²) in [7, 11) is 0. The van der Waals surface area contributed by atoms with Gasteiger partial charge in [-0.05, 0) is 39.2 Å². The molecule has 0 aromatic heterocycles. The van der Waals surface area contributed by atoms with Crippen molar-refractivity contribution < 1.29 is 8.78 Å². The van der Waals surface area contributed by atoms with Crippen LogP contribution in [0.3, 0.4) is 0 Å². The van der Waals surface area contributed by atoms with Crippen LogP contribution in [-0.4, -0.2) is 13.1 Å². The number of hydrogen-bond donors (Lipinski definition) is 1. The van der Waals surface area contributed by atoms with Crippen LogP contribution in [0.1, 0.15) is 5.56 Å². The molecule has 1 aromatic carbocycles. The van der Waals surface area contributed by atoms with Gasteiger partial charge in [0.05, 0.1) is 4.47 Å². The standard InChI is InChI=1S/C10H8BrF2N/c11-10-8(12)2-6(3-9(10)13)1-7-4-14-5-7/h1-3,14H,4-5H2. The first-order valence-electron chi connectivity index (χ1n) is 4.21. The van der Waals surface area contributed by atoms with E-state index in [0.717, 1.165) is 18.7 Å². The highest BCUT2D eigenvalue weighted by molar-refractivity contribution is 9.10. The zero-order valence-corrected chi connectivity index (χ0v) is 8.87. The van der Waals surface area contributed by atoms with E-state index in [9.17, 15) is 8.78 Å². The van der Waals surface area contributed by atoms with E-state index in [1.807, 2.05) is 0 Å². The van der Waals surface area contributed by atoms with E-state index in [0.29, 0.717) is 5.56 Å². The molecule has 0 amide bonds. The minimum absolute atomic E-state index is 0.105. The van der Waals surface area contributed by atoms with Crippen molar-refractivity contribution in [1.82, 2.24) is 5.32 Å². The van der Waals surface area contributed by atoms with Crippen LogP contribution in [0.5, 0.6) is 0 Å². The van der Waals surface area contributed by atoms with Crippen LogP contribution in [-0.2, 0) is 0 Å². The van der Waals surface area contributed by atoms with Gasteiger partial charge in [-0.2, -0.15) is 0 Å². The fourth-order valence-corrected chi connectivity index (χ4v) is 1.49. The molecule has 74 valence electrons. The van der Waals surface area contributed by atoms with Crippen LogP contribution < -0.4 is 5.32 Å². The minimum Gasteiger partial charge on any atom is -0.309 e. The van der Waals surface area contributed by atoms with Crippen molar-refractivity contribution in [3.8, 4) is 0 Å². The third-order valence-electron chi connectivity index (χ3n) is 2.08. The number of benzene rings is 1. The van der Waals surface area contributed by atoms with Crippen LogP contribution in [0.4, 0.5) is 8.78 Å². The maximum absolute atomic E-state index is 13.1. The SMILES string of the molecule is Fc1cc(C=C2CNC2)cc(F)c1Br. The molecule has 1 aromatic rings. The molecule has 1 heterocycles. The van der Waals surface area contributed by atoms with E-state index in [4.69, 9.17) is 0 Å². The Morgan fingerprint density at radius 3 is 2.21 bits per heavy atom. The van der Waals surface area contributed by atoms with Gasteiger partial charge in [0.15, 0.2) is 0 Å². The van der Waals surface area contributed by atoms with Gasteiger partial charge in [-0.15, -0.1) is 0 Å². The normalized spacial score (nSPS) is 15.2. The van der Waals surface area contributed by atoms with Crippen LogP contribution >= 0.6 is 15.9 Å². The summed E-state index contributed by atoms with van der Waals surface area (Å²) in [5, 5.41) is 3.06. The van der Waals surface area contributed by atoms with Crippen LogP contribution in [0.15, 0.2) is 22.2 Å². The quantitative estimate of drug-likeness (QED) is 0.765. The Morgan fingerprint density at radius 2 is 1.79 bits per heavy atom.